The predicted molar refractivity (Wildman–Crippen MR) is 76.2 cm³/mol. The molecule has 0 amide bonds. The molecule has 3 nitrogen and oxygen atoms in total. The monoisotopic (exact) mass is 344 g/mol. The molecule has 19 heavy (non-hydrogen) atoms. The number of ether oxygens (including phenoxy) is 1. The maximum atomic E-state index is 13.2. The molecule has 0 fully saturated rings. The Labute approximate surface area is 123 Å². The third-order valence-corrected chi connectivity index (χ3v) is 3.15. The van der Waals surface area contributed by atoms with Crippen molar-refractivity contribution in [2.75, 3.05) is 7.05 Å². The van der Waals surface area contributed by atoms with Crippen LogP contribution in [0.3, 0.4) is 0 Å². The largest absolute Gasteiger partial charge is 0.437 e. The predicted octanol–water partition coefficient (Wildman–Crippen LogP) is 4.15. The van der Waals surface area contributed by atoms with E-state index in [1.54, 1.807) is 19.2 Å². The van der Waals surface area contributed by atoms with Crippen LogP contribution in [0.2, 0.25) is 5.02 Å². The molecule has 0 aliphatic rings. The molecule has 0 unspecified atom stereocenters. The van der Waals surface area contributed by atoms with E-state index in [-0.39, 0.29) is 0 Å². The number of nitrogens with one attached hydrogen (secondary N) is 1. The fraction of sp³-hybridized carbons (Fsp3) is 0.154. The lowest BCUT2D eigenvalue weighted by molar-refractivity contribution is 0.450. The van der Waals surface area contributed by atoms with Crippen LogP contribution in [-0.2, 0) is 6.54 Å². The Bertz CT molecular complexity index is 595. The third kappa shape index (κ3) is 3.65. The molecule has 0 spiro atoms. The third-order valence-electron chi connectivity index (χ3n) is 2.36. The number of hydrogen-bond donors (Lipinski definition) is 1. The van der Waals surface area contributed by atoms with Gasteiger partial charge in [-0.1, -0.05) is 27.5 Å². The van der Waals surface area contributed by atoms with Crippen molar-refractivity contribution >= 4 is 27.5 Å². The minimum absolute atomic E-state index is 0.333. The summed E-state index contributed by atoms with van der Waals surface area (Å²) in [5.74, 6) is 0.404. The summed E-state index contributed by atoms with van der Waals surface area (Å²) in [6.45, 7) is 0.453. The van der Waals surface area contributed by atoms with Gasteiger partial charge in [-0.25, -0.2) is 9.37 Å². The number of nitrogens with zero attached hydrogens (tertiary/aromatic N) is 1. The van der Waals surface area contributed by atoms with Gasteiger partial charge in [-0.2, -0.15) is 0 Å². The van der Waals surface area contributed by atoms with Crippen LogP contribution < -0.4 is 10.1 Å². The van der Waals surface area contributed by atoms with E-state index < -0.39 is 5.82 Å². The maximum Gasteiger partial charge on any atom is 0.223 e. The molecule has 0 aliphatic carbocycles. The highest BCUT2D eigenvalue weighted by atomic mass is 79.9. The fourth-order valence-electron chi connectivity index (χ4n) is 1.54. The van der Waals surface area contributed by atoms with Crippen molar-refractivity contribution in [1.82, 2.24) is 10.3 Å². The van der Waals surface area contributed by atoms with Gasteiger partial charge in [0.2, 0.25) is 5.88 Å². The highest BCUT2D eigenvalue weighted by Gasteiger charge is 2.10. The first kappa shape index (κ1) is 14.2. The lowest BCUT2D eigenvalue weighted by atomic mass is 10.2. The quantitative estimate of drug-likeness (QED) is 0.904. The van der Waals surface area contributed by atoms with Crippen LogP contribution in [0, 0.1) is 5.82 Å². The Balaban J connectivity index is 2.32. The van der Waals surface area contributed by atoms with E-state index in [1.165, 1.54) is 6.07 Å². The zero-order valence-corrected chi connectivity index (χ0v) is 12.4. The molecule has 1 aromatic heterocycles. The summed E-state index contributed by atoms with van der Waals surface area (Å²) >= 11 is 9.38. The molecule has 100 valence electrons. The molecule has 0 saturated heterocycles. The minimum Gasteiger partial charge on any atom is -0.437 e. The first-order valence-corrected chi connectivity index (χ1v) is 6.69. The number of hydrogen-bond acceptors (Lipinski definition) is 3. The first-order chi connectivity index (χ1) is 9.10. The molecule has 0 atom stereocenters. The van der Waals surface area contributed by atoms with Gasteiger partial charge in [0.15, 0.2) is 0 Å². The Kier molecular flexibility index (Phi) is 4.74. The van der Waals surface area contributed by atoms with Gasteiger partial charge < -0.3 is 10.1 Å². The van der Waals surface area contributed by atoms with Crippen molar-refractivity contribution in [3.05, 3.63) is 51.3 Å². The molecule has 6 heteroatoms. The van der Waals surface area contributed by atoms with Crippen molar-refractivity contribution in [1.29, 1.82) is 0 Å². The standard InChI is InChI=1S/C13H11BrClFN2O/c1-17-6-8-4-10(16)7-18-13(8)19-12-3-2-9(14)5-11(12)15/h2-5,7,17H,6H2,1H3. The maximum absolute atomic E-state index is 13.2. The van der Waals surface area contributed by atoms with Crippen LogP contribution in [0.15, 0.2) is 34.9 Å². The van der Waals surface area contributed by atoms with Crippen molar-refractivity contribution in [2.45, 2.75) is 6.54 Å². The number of aromatic nitrogens is 1. The van der Waals surface area contributed by atoms with Gasteiger partial charge in [0.05, 0.1) is 11.2 Å². The van der Waals surface area contributed by atoms with Gasteiger partial charge in [0.1, 0.15) is 11.6 Å². The summed E-state index contributed by atoms with van der Waals surface area (Å²) < 4.78 is 19.6. The summed E-state index contributed by atoms with van der Waals surface area (Å²) in [4.78, 5) is 3.95. The number of rotatable bonds is 4. The molecule has 1 heterocycles. The van der Waals surface area contributed by atoms with Gasteiger partial charge >= 0.3 is 0 Å². The van der Waals surface area contributed by atoms with Crippen LogP contribution >= 0.6 is 27.5 Å². The van der Waals surface area contributed by atoms with Crippen LogP contribution in [0.1, 0.15) is 5.56 Å². The topological polar surface area (TPSA) is 34.2 Å². The van der Waals surface area contributed by atoms with Crippen LogP contribution in [0.5, 0.6) is 11.6 Å². The number of benzene rings is 1. The van der Waals surface area contributed by atoms with Gasteiger partial charge in [0, 0.05) is 16.6 Å². The van der Waals surface area contributed by atoms with E-state index in [0.717, 1.165) is 10.7 Å². The van der Waals surface area contributed by atoms with Gasteiger partial charge in [0.25, 0.3) is 0 Å². The highest BCUT2D eigenvalue weighted by molar-refractivity contribution is 9.10. The average Bonchev–Trinajstić information content (AvgIpc) is 2.36. The van der Waals surface area contributed by atoms with Gasteiger partial charge in [-0.3, -0.25) is 0 Å². The molecule has 1 aromatic carbocycles. The van der Waals surface area contributed by atoms with E-state index >= 15 is 0 Å². The summed E-state index contributed by atoms with van der Waals surface area (Å²) in [6, 6.07) is 6.63. The molecule has 0 aliphatic heterocycles. The second kappa shape index (κ2) is 6.32. The molecule has 2 rings (SSSR count). The Hall–Kier alpha value is -1.17. The van der Waals surface area contributed by atoms with E-state index in [2.05, 4.69) is 26.2 Å². The zero-order valence-electron chi connectivity index (χ0n) is 10.1. The van der Waals surface area contributed by atoms with E-state index in [4.69, 9.17) is 16.3 Å². The normalized spacial score (nSPS) is 10.5. The van der Waals surface area contributed by atoms with Crippen LogP contribution in [0.25, 0.3) is 0 Å². The van der Waals surface area contributed by atoms with E-state index in [1.807, 2.05) is 6.07 Å². The number of halogens is 3. The average molecular weight is 346 g/mol. The fourth-order valence-corrected chi connectivity index (χ4v) is 2.25. The number of pyridine rings is 1. The smallest absolute Gasteiger partial charge is 0.223 e. The Morgan fingerprint density at radius 3 is 2.89 bits per heavy atom. The summed E-state index contributed by atoms with van der Waals surface area (Å²) in [5, 5.41) is 3.39. The summed E-state index contributed by atoms with van der Waals surface area (Å²) in [5.41, 5.74) is 0.626. The minimum atomic E-state index is -0.403. The Morgan fingerprint density at radius 2 is 2.21 bits per heavy atom. The SMILES string of the molecule is CNCc1cc(F)cnc1Oc1ccc(Br)cc1Cl. The van der Waals surface area contributed by atoms with Crippen molar-refractivity contribution in [3.63, 3.8) is 0 Å². The van der Waals surface area contributed by atoms with Crippen LogP contribution in [-0.4, -0.2) is 12.0 Å². The van der Waals surface area contributed by atoms with E-state index in [0.29, 0.717) is 28.8 Å². The van der Waals surface area contributed by atoms with Gasteiger partial charge in [-0.15, -0.1) is 0 Å². The molecule has 0 radical (unpaired) electrons. The lowest BCUT2D eigenvalue weighted by Gasteiger charge is -2.11. The molecule has 0 bridgehead atoms. The lowest BCUT2D eigenvalue weighted by Crippen LogP contribution is -2.07. The van der Waals surface area contributed by atoms with Crippen LogP contribution in [0.4, 0.5) is 4.39 Å². The highest BCUT2D eigenvalue weighted by Crippen LogP contribution is 2.32. The molecule has 2 aromatic rings. The molecular weight excluding hydrogens is 335 g/mol. The molecule has 0 saturated carbocycles. The molecule has 1 N–H and O–H groups in total. The van der Waals surface area contributed by atoms with Gasteiger partial charge in [-0.05, 0) is 31.3 Å². The van der Waals surface area contributed by atoms with Crippen molar-refractivity contribution in [2.24, 2.45) is 0 Å². The summed E-state index contributed by atoms with van der Waals surface area (Å²) in [7, 11) is 1.77. The van der Waals surface area contributed by atoms with E-state index in [9.17, 15) is 4.39 Å². The zero-order chi connectivity index (χ0) is 13.8. The second-order valence-corrected chi connectivity index (χ2v) is 5.15. The first-order valence-electron chi connectivity index (χ1n) is 5.52. The van der Waals surface area contributed by atoms with Crippen molar-refractivity contribution < 1.29 is 9.13 Å². The Morgan fingerprint density at radius 1 is 1.42 bits per heavy atom. The second-order valence-electron chi connectivity index (χ2n) is 3.82. The van der Waals surface area contributed by atoms with Crippen molar-refractivity contribution in [3.8, 4) is 11.6 Å². The summed E-state index contributed by atoms with van der Waals surface area (Å²) in [6.07, 6.45) is 1.11. The molecular formula is C13H11BrClFN2O.